The first-order valence-corrected chi connectivity index (χ1v) is 9.16. The molecular formula is C18H29N7O2. The molecule has 148 valence electrons. The summed E-state index contributed by atoms with van der Waals surface area (Å²) in [7, 11) is 0. The van der Waals surface area contributed by atoms with E-state index in [2.05, 4.69) is 31.1 Å². The Kier molecular flexibility index (Phi) is 7.39. The van der Waals surface area contributed by atoms with Gasteiger partial charge in [0, 0.05) is 38.8 Å². The van der Waals surface area contributed by atoms with Crippen molar-refractivity contribution in [2.75, 3.05) is 26.2 Å². The summed E-state index contributed by atoms with van der Waals surface area (Å²) in [6.07, 6.45) is 2.20. The van der Waals surface area contributed by atoms with Gasteiger partial charge in [0.05, 0.1) is 0 Å². The van der Waals surface area contributed by atoms with Crippen LogP contribution in [0.1, 0.15) is 33.5 Å². The Bertz CT molecular complexity index is 764. The normalized spacial score (nSPS) is 12.1. The summed E-state index contributed by atoms with van der Waals surface area (Å²) < 4.78 is 7.15. The number of fused-ring (bicyclic) bond motifs is 1. The molecule has 0 saturated heterocycles. The smallest absolute Gasteiger partial charge is 0.407 e. The molecule has 0 aliphatic heterocycles. The van der Waals surface area contributed by atoms with Gasteiger partial charge < -0.3 is 20.7 Å². The second-order valence-corrected chi connectivity index (χ2v) is 6.91. The van der Waals surface area contributed by atoms with E-state index in [9.17, 15) is 4.79 Å². The van der Waals surface area contributed by atoms with Gasteiger partial charge in [-0.25, -0.2) is 4.79 Å². The predicted octanol–water partition coefficient (Wildman–Crippen LogP) is 1.35. The van der Waals surface area contributed by atoms with Crippen LogP contribution in [0.4, 0.5) is 4.79 Å². The summed E-state index contributed by atoms with van der Waals surface area (Å²) in [6.45, 7) is 9.80. The summed E-state index contributed by atoms with van der Waals surface area (Å²) in [5.41, 5.74) is 0.328. The zero-order valence-corrected chi connectivity index (χ0v) is 16.5. The van der Waals surface area contributed by atoms with Crippen molar-refractivity contribution in [3.63, 3.8) is 0 Å². The van der Waals surface area contributed by atoms with Crippen molar-refractivity contribution in [2.24, 2.45) is 4.99 Å². The third kappa shape index (κ3) is 7.12. The average Bonchev–Trinajstić information content (AvgIpc) is 3.00. The van der Waals surface area contributed by atoms with Crippen molar-refractivity contribution in [1.82, 2.24) is 30.5 Å². The molecule has 9 heteroatoms. The third-order valence-electron chi connectivity index (χ3n) is 3.42. The average molecular weight is 375 g/mol. The van der Waals surface area contributed by atoms with Crippen LogP contribution in [0.3, 0.4) is 0 Å². The zero-order chi connectivity index (χ0) is 19.7. The molecule has 0 spiro atoms. The van der Waals surface area contributed by atoms with Crippen LogP contribution in [0.5, 0.6) is 0 Å². The summed E-state index contributed by atoms with van der Waals surface area (Å²) in [6, 6.07) is 5.81. The number of aliphatic imine (C=N–C) groups is 1. The maximum Gasteiger partial charge on any atom is 0.407 e. The quantitative estimate of drug-likeness (QED) is 0.383. The maximum atomic E-state index is 11.6. The molecule has 0 aliphatic rings. The summed E-state index contributed by atoms with van der Waals surface area (Å²) in [5, 5.41) is 17.4. The molecule has 27 heavy (non-hydrogen) atoms. The van der Waals surface area contributed by atoms with E-state index in [-0.39, 0.29) is 0 Å². The molecule has 0 aliphatic carbocycles. The predicted molar refractivity (Wildman–Crippen MR) is 105 cm³/mol. The van der Waals surface area contributed by atoms with Gasteiger partial charge in [0.15, 0.2) is 11.6 Å². The van der Waals surface area contributed by atoms with E-state index < -0.39 is 11.7 Å². The molecular weight excluding hydrogens is 346 g/mol. The van der Waals surface area contributed by atoms with Gasteiger partial charge in [0.1, 0.15) is 11.4 Å². The van der Waals surface area contributed by atoms with Gasteiger partial charge in [-0.05, 0) is 39.8 Å². The number of alkyl carbamates (subject to hydrolysis) is 1. The fourth-order valence-electron chi connectivity index (χ4n) is 2.33. The number of carbonyl (C=O) groups excluding carboxylic acids is 1. The van der Waals surface area contributed by atoms with Gasteiger partial charge in [-0.15, -0.1) is 10.2 Å². The van der Waals surface area contributed by atoms with Crippen molar-refractivity contribution in [3.05, 3.63) is 30.2 Å². The number of hydrogen-bond acceptors (Lipinski definition) is 5. The molecule has 2 heterocycles. The van der Waals surface area contributed by atoms with Gasteiger partial charge in [-0.3, -0.25) is 9.39 Å². The zero-order valence-electron chi connectivity index (χ0n) is 16.5. The molecule has 0 bridgehead atoms. The summed E-state index contributed by atoms with van der Waals surface area (Å²) in [5.74, 6) is 1.56. The van der Waals surface area contributed by atoms with Crippen LogP contribution >= 0.6 is 0 Å². The Balaban J connectivity index is 1.77. The lowest BCUT2D eigenvalue weighted by molar-refractivity contribution is 0.0529. The van der Waals surface area contributed by atoms with Crippen LogP contribution in [0.25, 0.3) is 5.65 Å². The van der Waals surface area contributed by atoms with Crippen LogP contribution in [0.2, 0.25) is 0 Å². The van der Waals surface area contributed by atoms with Crippen molar-refractivity contribution < 1.29 is 9.53 Å². The SMILES string of the molecule is CCNC(=NCCc1nnc2ccccn12)NCCNC(=O)OC(C)(C)C. The van der Waals surface area contributed by atoms with E-state index >= 15 is 0 Å². The van der Waals surface area contributed by atoms with Gasteiger partial charge in [0.2, 0.25) is 0 Å². The highest BCUT2D eigenvalue weighted by atomic mass is 16.6. The Morgan fingerprint density at radius 3 is 2.70 bits per heavy atom. The van der Waals surface area contributed by atoms with Crippen molar-refractivity contribution in [2.45, 2.75) is 39.7 Å². The van der Waals surface area contributed by atoms with E-state index in [4.69, 9.17) is 4.74 Å². The number of amides is 1. The molecule has 0 saturated carbocycles. The number of nitrogens with zero attached hydrogens (tertiary/aromatic N) is 4. The molecule has 1 amide bonds. The highest BCUT2D eigenvalue weighted by Crippen LogP contribution is 2.06. The van der Waals surface area contributed by atoms with E-state index in [1.165, 1.54) is 0 Å². The Hall–Kier alpha value is -2.84. The van der Waals surface area contributed by atoms with Gasteiger partial charge >= 0.3 is 6.09 Å². The fraction of sp³-hybridized carbons (Fsp3) is 0.556. The Labute approximate surface area is 159 Å². The summed E-state index contributed by atoms with van der Waals surface area (Å²) in [4.78, 5) is 16.2. The van der Waals surface area contributed by atoms with Crippen molar-refractivity contribution in [1.29, 1.82) is 0 Å². The lowest BCUT2D eigenvalue weighted by Crippen LogP contribution is -2.42. The minimum atomic E-state index is -0.500. The topological polar surface area (TPSA) is 105 Å². The van der Waals surface area contributed by atoms with Crippen LogP contribution in [-0.4, -0.2) is 58.4 Å². The number of pyridine rings is 1. The lowest BCUT2D eigenvalue weighted by Gasteiger charge is -2.19. The van der Waals surface area contributed by atoms with Gasteiger partial charge in [-0.1, -0.05) is 6.07 Å². The molecule has 0 atom stereocenters. The van der Waals surface area contributed by atoms with Crippen LogP contribution in [0.15, 0.2) is 29.4 Å². The molecule has 3 N–H and O–H groups in total. The summed E-state index contributed by atoms with van der Waals surface area (Å²) >= 11 is 0. The van der Waals surface area contributed by atoms with Gasteiger partial charge in [-0.2, -0.15) is 0 Å². The fourth-order valence-corrected chi connectivity index (χ4v) is 2.33. The molecule has 2 aromatic heterocycles. The van der Waals surface area contributed by atoms with Crippen molar-refractivity contribution in [3.8, 4) is 0 Å². The van der Waals surface area contributed by atoms with E-state index in [1.54, 1.807) is 0 Å². The molecule has 2 aromatic rings. The van der Waals surface area contributed by atoms with Crippen LogP contribution < -0.4 is 16.0 Å². The number of ether oxygens (including phenoxy) is 1. The highest BCUT2D eigenvalue weighted by molar-refractivity contribution is 5.79. The molecule has 0 aromatic carbocycles. The van der Waals surface area contributed by atoms with Crippen LogP contribution in [0, 0.1) is 0 Å². The van der Waals surface area contributed by atoms with E-state index in [0.717, 1.165) is 18.0 Å². The first-order chi connectivity index (χ1) is 12.9. The minimum absolute atomic E-state index is 0.426. The number of rotatable bonds is 7. The maximum absolute atomic E-state index is 11.6. The lowest BCUT2D eigenvalue weighted by atomic mass is 10.2. The minimum Gasteiger partial charge on any atom is -0.444 e. The van der Waals surface area contributed by atoms with Crippen LogP contribution in [-0.2, 0) is 11.2 Å². The first-order valence-electron chi connectivity index (χ1n) is 9.16. The first kappa shape index (κ1) is 20.5. The molecule has 0 fully saturated rings. The number of nitrogens with one attached hydrogen (secondary N) is 3. The van der Waals surface area contributed by atoms with E-state index in [0.29, 0.717) is 32.0 Å². The number of aromatic nitrogens is 3. The molecule has 9 nitrogen and oxygen atoms in total. The van der Waals surface area contributed by atoms with Crippen molar-refractivity contribution >= 4 is 17.7 Å². The standard InChI is InChI=1S/C18H29N7O2/c1-5-19-16(21-11-12-22-17(26)27-18(2,3)4)20-10-9-15-24-23-14-8-6-7-13-25(14)15/h6-8,13H,5,9-12H2,1-4H3,(H,22,26)(H2,19,20,21). The number of hydrogen-bond donors (Lipinski definition) is 3. The largest absolute Gasteiger partial charge is 0.444 e. The van der Waals surface area contributed by atoms with E-state index in [1.807, 2.05) is 56.5 Å². The molecule has 2 rings (SSSR count). The second kappa shape index (κ2) is 9.75. The highest BCUT2D eigenvalue weighted by Gasteiger charge is 2.15. The number of guanidine groups is 1. The number of carbonyl (C=O) groups is 1. The molecule has 0 unspecified atom stereocenters. The second-order valence-electron chi connectivity index (χ2n) is 6.91. The third-order valence-corrected chi connectivity index (χ3v) is 3.42. The Morgan fingerprint density at radius 1 is 1.19 bits per heavy atom. The van der Waals surface area contributed by atoms with Gasteiger partial charge in [0.25, 0.3) is 0 Å². The Morgan fingerprint density at radius 2 is 1.96 bits per heavy atom. The monoisotopic (exact) mass is 375 g/mol. The molecule has 0 radical (unpaired) electrons.